The standard InChI is InChI=1S/C15H21NO4S/c1-4-21(18,19)14-8-6-5-7-13(14)15(17)16-9-10-20-11-12(2)3/h5-8H,2,4,9-11H2,1,3H3,(H,16,17). The van der Waals surface area contributed by atoms with Gasteiger partial charge in [-0.1, -0.05) is 31.2 Å². The molecule has 0 aliphatic carbocycles. The molecule has 6 heteroatoms. The molecule has 0 unspecified atom stereocenters. The first-order valence-electron chi connectivity index (χ1n) is 6.70. The van der Waals surface area contributed by atoms with Crippen LogP contribution in [-0.2, 0) is 14.6 Å². The highest BCUT2D eigenvalue weighted by atomic mass is 32.2. The van der Waals surface area contributed by atoms with Crippen molar-refractivity contribution in [3.05, 3.63) is 42.0 Å². The summed E-state index contributed by atoms with van der Waals surface area (Å²) in [5, 5.41) is 2.65. The third-order valence-corrected chi connectivity index (χ3v) is 4.51. The van der Waals surface area contributed by atoms with Crippen LogP contribution >= 0.6 is 0 Å². The molecule has 0 spiro atoms. The van der Waals surface area contributed by atoms with E-state index in [1.807, 2.05) is 6.92 Å². The highest BCUT2D eigenvalue weighted by molar-refractivity contribution is 7.91. The molecular formula is C15H21NO4S. The minimum absolute atomic E-state index is 0.0426. The van der Waals surface area contributed by atoms with Gasteiger partial charge in [0.05, 0.1) is 29.4 Å². The van der Waals surface area contributed by atoms with Crippen LogP contribution in [0.25, 0.3) is 0 Å². The number of hydrogen-bond acceptors (Lipinski definition) is 4. The van der Waals surface area contributed by atoms with Gasteiger partial charge in [-0.3, -0.25) is 4.79 Å². The fraction of sp³-hybridized carbons (Fsp3) is 0.400. The summed E-state index contributed by atoms with van der Waals surface area (Å²) in [5.74, 6) is -0.458. The number of rotatable bonds is 8. The summed E-state index contributed by atoms with van der Waals surface area (Å²) >= 11 is 0. The predicted molar refractivity (Wildman–Crippen MR) is 82.1 cm³/mol. The van der Waals surface area contributed by atoms with Crippen LogP contribution in [0.15, 0.2) is 41.3 Å². The first kappa shape index (κ1) is 17.4. The summed E-state index contributed by atoms with van der Waals surface area (Å²) in [7, 11) is -3.42. The predicted octanol–water partition coefficient (Wildman–Crippen LogP) is 1.80. The molecule has 0 aliphatic rings. The van der Waals surface area contributed by atoms with Gasteiger partial charge in [-0.05, 0) is 19.1 Å². The molecule has 1 N–H and O–H groups in total. The maximum absolute atomic E-state index is 12.1. The Balaban J connectivity index is 2.69. The van der Waals surface area contributed by atoms with E-state index in [-0.39, 0.29) is 16.2 Å². The Kier molecular flexibility index (Phi) is 6.58. The molecule has 0 fully saturated rings. The third kappa shape index (κ3) is 5.32. The van der Waals surface area contributed by atoms with Gasteiger partial charge >= 0.3 is 0 Å². The highest BCUT2D eigenvalue weighted by Crippen LogP contribution is 2.16. The van der Waals surface area contributed by atoms with E-state index in [9.17, 15) is 13.2 Å². The smallest absolute Gasteiger partial charge is 0.252 e. The number of hydrogen-bond donors (Lipinski definition) is 1. The Hall–Kier alpha value is -1.66. The van der Waals surface area contributed by atoms with Gasteiger partial charge in [-0.2, -0.15) is 0 Å². The van der Waals surface area contributed by atoms with Crippen LogP contribution < -0.4 is 5.32 Å². The monoisotopic (exact) mass is 311 g/mol. The van der Waals surface area contributed by atoms with Gasteiger partial charge in [0.25, 0.3) is 5.91 Å². The number of amides is 1. The Morgan fingerprint density at radius 3 is 2.62 bits per heavy atom. The van der Waals surface area contributed by atoms with Crippen LogP contribution in [0.3, 0.4) is 0 Å². The van der Waals surface area contributed by atoms with Crippen molar-refractivity contribution in [1.29, 1.82) is 0 Å². The Morgan fingerprint density at radius 1 is 1.33 bits per heavy atom. The molecular weight excluding hydrogens is 290 g/mol. The van der Waals surface area contributed by atoms with E-state index in [0.717, 1.165) is 5.57 Å². The average molecular weight is 311 g/mol. The minimum atomic E-state index is -3.42. The van der Waals surface area contributed by atoms with E-state index in [1.165, 1.54) is 12.1 Å². The van der Waals surface area contributed by atoms with Crippen molar-refractivity contribution in [2.24, 2.45) is 0 Å². The molecule has 116 valence electrons. The third-order valence-electron chi connectivity index (χ3n) is 2.73. The quantitative estimate of drug-likeness (QED) is 0.587. The molecule has 0 saturated carbocycles. The van der Waals surface area contributed by atoms with Gasteiger partial charge < -0.3 is 10.1 Å². The topological polar surface area (TPSA) is 72.5 Å². The average Bonchev–Trinajstić information content (AvgIpc) is 2.46. The summed E-state index contributed by atoms with van der Waals surface area (Å²) in [4.78, 5) is 12.1. The van der Waals surface area contributed by atoms with Gasteiger partial charge in [-0.15, -0.1) is 0 Å². The molecule has 0 radical (unpaired) electrons. The molecule has 0 bridgehead atoms. The van der Waals surface area contributed by atoms with E-state index >= 15 is 0 Å². The highest BCUT2D eigenvalue weighted by Gasteiger charge is 2.20. The Labute approximate surface area is 125 Å². The molecule has 0 saturated heterocycles. The van der Waals surface area contributed by atoms with Crippen molar-refractivity contribution in [2.75, 3.05) is 25.5 Å². The molecule has 0 aromatic heterocycles. The van der Waals surface area contributed by atoms with Crippen molar-refractivity contribution in [2.45, 2.75) is 18.7 Å². The van der Waals surface area contributed by atoms with Gasteiger partial charge in [0.2, 0.25) is 0 Å². The summed E-state index contributed by atoms with van der Waals surface area (Å²) < 4.78 is 29.2. The first-order valence-corrected chi connectivity index (χ1v) is 8.35. The van der Waals surface area contributed by atoms with E-state index in [0.29, 0.717) is 19.8 Å². The zero-order valence-corrected chi connectivity index (χ0v) is 13.2. The largest absolute Gasteiger partial charge is 0.375 e. The summed E-state index contributed by atoms with van der Waals surface area (Å²) in [6, 6.07) is 6.20. The van der Waals surface area contributed by atoms with E-state index in [4.69, 9.17) is 4.74 Å². The van der Waals surface area contributed by atoms with Crippen molar-refractivity contribution < 1.29 is 17.9 Å². The number of benzene rings is 1. The maximum Gasteiger partial charge on any atom is 0.252 e. The van der Waals surface area contributed by atoms with Crippen LogP contribution in [0.1, 0.15) is 24.2 Å². The zero-order valence-electron chi connectivity index (χ0n) is 12.4. The van der Waals surface area contributed by atoms with Gasteiger partial charge in [-0.25, -0.2) is 8.42 Å². The fourth-order valence-electron chi connectivity index (χ4n) is 1.66. The van der Waals surface area contributed by atoms with Crippen LogP contribution in [-0.4, -0.2) is 39.8 Å². The minimum Gasteiger partial charge on any atom is -0.375 e. The second-order valence-electron chi connectivity index (χ2n) is 4.67. The molecule has 0 atom stereocenters. The zero-order chi connectivity index (χ0) is 15.9. The molecule has 1 rings (SSSR count). The number of carbonyl (C=O) groups is 1. The van der Waals surface area contributed by atoms with Crippen LogP contribution in [0, 0.1) is 0 Å². The van der Waals surface area contributed by atoms with Crippen LogP contribution in [0.2, 0.25) is 0 Å². The van der Waals surface area contributed by atoms with E-state index in [2.05, 4.69) is 11.9 Å². The van der Waals surface area contributed by atoms with Gasteiger partial charge in [0, 0.05) is 6.54 Å². The molecule has 1 aromatic carbocycles. The summed E-state index contributed by atoms with van der Waals surface area (Å²) in [5.41, 5.74) is 1.07. The van der Waals surface area contributed by atoms with Crippen LogP contribution in [0.4, 0.5) is 0 Å². The lowest BCUT2D eigenvalue weighted by Crippen LogP contribution is -2.28. The molecule has 0 heterocycles. The number of carbonyl (C=O) groups excluding carboxylic acids is 1. The Morgan fingerprint density at radius 2 is 2.00 bits per heavy atom. The van der Waals surface area contributed by atoms with Gasteiger partial charge in [0.15, 0.2) is 9.84 Å². The lowest BCUT2D eigenvalue weighted by molar-refractivity contribution is 0.0923. The summed E-state index contributed by atoms with van der Waals surface area (Å²) in [6.45, 7) is 8.21. The van der Waals surface area contributed by atoms with Crippen molar-refractivity contribution in [3.63, 3.8) is 0 Å². The Bertz CT molecular complexity index is 608. The second kappa shape index (κ2) is 7.95. The first-order chi connectivity index (χ1) is 9.88. The molecule has 1 amide bonds. The maximum atomic E-state index is 12.1. The van der Waals surface area contributed by atoms with Crippen molar-refractivity contribution in [3.8, 4) is 0 Å². The molecule has 21 heavy (non-hydrogen) atoms. The van der Waals surface area contributed by atoms with Crippen LogP contribution in [0.5, 0.6) is 0 Å². The normalized spacial score (nSPS) is 11.1. The SMILES string of the molecule is C=C(C)COCCNC(=O)c1ccccc1S(=O)(=O)CC. The van der Waals surface area contributed by atoms with Crippen molar-refractivity contribution in [1.82, 2.24) is 5.32 Å². The fourth-order valence-corrected chi connectivity index (χ4v) is 2.75. The van der Waals surface area contributed by atoms with E-state index < -0.39 is 15.7 Å². The second-order valence-corrected chi connectivity index (χ2v) is 6.91. The lowest BCUT2D eigenvalue weighted by Gasteiger charge is -2.10. The molecule has 0 aliphatic heterocycles. The van der Waals surface area contributed by atoms with Gasteiger partial charge in [0.1, 0.15) is 0 Å². The molecule has 5 nitrogen and oxygen atoms in total. The number of ether oxygens (including phenoxy) is 1. The number of nitrogens with one attached hydrogen (secondary N) is 1. The van der Waals surface area contributed by atoms with E-state index in [1.54, 1.807) is 19.1 Å². The lowest BCUT2D eigenvalue weighted by atomic mass is 10.2. The number of sulfone groups is 1. The molecule has 1 aromatic rings. The summed E-state index contributed by atoms with van der Waals surface area (Å²) in [6.07, 6.45) is 0. The van der Waals surface area contributed by atoms with Crippen molar-refractivity contribution >= 4 is 15.7 Å².